The Kier molecular flexibility index (Phi) is 3.89. The van der Waals surface area contributed by atoms with Gasteiger partial charge in [-0.1, -0.05) is 37.6 Å². The first kappa shape index (κ1) is 18.1. The predicted molar refractivity (Wildman–Crippen MR) is 95.0 cm³/mol. The molecule has 3 fully saturated rings. The standard InChI is InChI=1S/C21H28O5/c1-19-8-4-3-5-12(19)6-7-13-14-9-16(24)21(26,17(25)11-22)20(14,2)10-15(23)18(13)19/h4-5,8,13-15,18,22-23,26H,3,6-7,9-11H2,1-2H3/t13-,14-,15-,18+,19-,20-,21-/m0/s1. The number of carbonyl (C=O) groups excluding carboxylic acids is 2. The van der Waals surface area contributed by atoms with Crippen LogP contribution in [-0.4, -0.2) is 45.2 Å². The van der Waals surface area contributed by atoms with Gasteiger partial charge in [-0.25, -0.2) is 0 Å². The van der Waals surface area contributed by atoms with E-state index >= 15 is 0 Å². The first-order valence-corrected chi connectivity index (χ1v) is 9.65. The molecule has 5 nitrogen and oxygen atoms in total. The number of aliphatic hydroxyl groups is 3. The lowest BCUT2D eigenvalue weighted by atomic mass is 9.46. The van der Waals surface area contributed by atoms with Crippen molar-refractivity contribution in [2.45, 2.75) is 57.7 Å². The van der Waals surface area contributed by atoms with Crippen molar-refractivity contribution < 1.29 is 24.9 Å². The van der Waals surface area contributed by atoms with E-state index in [0.717, 1.165) is 19.3 Å². The van der Waals surface area contributed by atoms with E-state index in [-0.39, 0.29) is 36.0 Å². The molecule has 7 atom stereocenters. The lowest BCUT2D eigenvalue weighted by molar-refractivity contribution is -0.180. The van der Waals surface area contributed by atoms with Gasteiger partial charge in [0.25, 0.3) is 0 Å². The van der Waals surface area contributed by atoms with Gasteiger partial charge < -0.3 is 15.3 Å². The summed E-state index contributed by atoms with van der Waals surface area (Å²) in [5.41, 5.74) is -2.08. The maximum absolute atomic E-state index is 12.7. The monoisotopic (exact) mass is 360 g/mol. The third-order valence-corrected chi connectivity index (χ3v) is 8.12. The van der Waals surface area contributed by atoms with Crippen LogP contribution < -0.4 is 0 Å². The summed E-state index contributed by atoms with van der Waals surface area (Å²) in [6.07, 6.45) is 8.92. The average molecular weight is 360 g/mol. The van der Waals surface area contributed by atoms with Crippen molar-refractivity contribution in [1.29, 1.82) is 0 Å². The van der Waals surface area contributed by atoms with Crippen molar-refractivity contribution in [2.75, 3.05) is 6.61 Å². The molecule has 142 valence electrons. The number of aliphatic hydroxyl groups excluding tert-OH is 2. The van der Waals surface area contributed by atoms with Crippen LogP contribution in [0.4, 0.5) is 0 Å². The molecule has 0 heterocycles. The molecule has 26 heavy (non-hydrogen) atoms. The van der Waals surface area contributed by atoms with Crippen LogP contribution >= 0.6 is 0 Å². The van der Waals surface area contributed by atoms with Gasteiger partial charge in [-0.3, -0.25) is 9.59 Å². The molecule has 0 radical (unpaired) electrons. The number of fused-ring (bicyclic) bond motifs is 5. The van der Waals surface area contributed by atoms with Gasteiger partial charge in [0.05, 0.1) is 6.10 Å². The van der Waals surface area contributed by atoms with Gasteiger partial charge in [-0.05, 0) is 37.5 Å². The zero-order valence-electron chi connectivity index (χ0n) is 15.4. The van der Waals surface area contributed by atoms with Crippen LogP contribution in [0.1, 0.15) is 46.0 Å². The van der Waals surface area contributed by atoms with Gasteiger partial charge in [0.1, 0.15) is 6.61 Å². The summed E-state index contributed by atoms with van der Waals surface area (Å²) in [5, 5.41) is 31.6. The Balaban J connectivity index is 1.79. The number of carbonyl (C=O) groups is 2. The molecule has 3 saturated carbocycles. The lowest BCUT2D eigenvalue weighted by Gasteiger charge is -2.59. The molecule has 0 amide bonds. The van der Waals surface area contributed by atoms with Crippen LogP contribution in [0, 0.1) is 28.6 Å². The lowest BCUT2D eigenvalue weighted by Crippen LogP contribution is -2.63. The van der Waals surface area contributed by atoms with Gasteiger partial charge in [0, 0.05) is 23.2 Å². The molecular formula is C21H28O5. The molecule has 0 aliphatic heterocycles. The second kappa shape index (κ2) is 5.60. The van der Waals surface area contributed by atoms with E-state index in [1.807, 2.05) is 0 Å². The van der Waals surface area contributed by atoms with Gasteiger partial charge in [0.2, 0.25) is 0 Å². The van der Waals surface area contributed by atoms with Crippen LogP contribution in [0.5, 0.6) is 0 Å². The van der Waals surface area contributed by atoms with Crippen molar-refractivity contribution >= 4 is 11.6 Å². The summed E-state index contributed by atoms with van der Waals surface area (Å²) in [6, 6.07) is 0. The summed E-state index contributed by atoms with van der Waals surface area (Å²) in [5.74, 6) is -1.44. The minimum Gasteiger partial charge on any atom is -0.393 e. The highest BCUT2D eigenvalue weighted by atomic mass is 16.3. The number of hydrogen-bond donors (Lipinski definition) is 3. The highest BCUT2D eigenvalue weighted by Crippen LogP contribution is 2.66. The molecule has 4 aliphatic rings. The first-order chi connectivity index (χ1) is 12.2. The Labute approximate surface area is 153 Å². The molecule has 4 aliphatic carbocycles. The molecule has 0 aromatic heterocycles. The summed E-state index contributed by atoms with van der Waals surface area (Å²) in [4.78, 5) is 25.1. The Hall–Kier alpha value is -1.30. The van der Waals surface area contributed by atoms with Crippen LogP contribution in [0.2, 0.25) is 0 Å². The van der Waals surface area contributed by atoms with Gasteiger partial charge in [-0.2, -0.15) is 0 Å². The van der Waals surface area contributed by atoms with Crippen molar-refractivity contribution in [3.05, 3.63) is 23.8 Å². The minimum absolute atomic E-state index is 0.0171. The number of rotatable bonds is 2. The predicted octanol–water partition coefficient (Wildman–Crippen LogP) is 1.56. The van der Waals surface area contributed by atoms with E-state index in [1.165, 1.54) is 5.57 Å². The number of ketones is 2. The third-order valence-electron chi connectivity index (χ3n) is 8.12. The third kappa shape index (κ3) is 1.97. The van der Waals surface area contributed by atoms with Crippen molar-refractivity contribution in [3.63, 3.8) is 0 Å². The van der Waals surface area contributed by atoms with Crippen molar-refractivity contribution in [1.82, 2.24) is 0 Å². The van der Waals surface area contributed by atoms with Crippen LogP contribution in [0.25, 0.3) is 0 Å². The van der Waals surface area contributed by atoms with Crippen LogP contribution in [-0.2, 0) is 9.59 Å². The molecule has 0 bridgehead atoms. The number of hydrogen-bond acceptors (Lipinski definition) is 5. The molecule has 4 rings (SSSR count). The molecule has 0 saturated heterocycles. The quantitative estimate of drug-likeness (QED) is 0.513. The topological polar surface area (TPSA) is 94.8 Å². The Bertz CT molecular complexity index is 724. The van der Waals surface area contributed by atoms with E-state index < -0.39 is 35.3 Å². The summed E-state index contributed by atoms with van der Waals surface area (Å²) < 4.78 is 0. The maximum Gasteiger partial charge on any atom is 0.197 e. The minimum atomic E-state index is -2.18. The zero-order valence-corrected chi connectivity index (χ0v) is 15.4. The molecule has 0 aromatic carbocycles. The highest BCUT2D eigenvalue weighted by molar-refractivity contribution is 6.13. The van der Waals surface area contributed by atoms with Crippen LogP contribution in [0.3, 0.4) is 0 Å². The highest BCUT2D eigenvalue weighted by Gasteiger charge is 2.71. The molecule has 3 N–H and O–H groups in total. The first-order valence-electron chi connectivity index (χ1n) is 9.65. The second-order valence-corrected chi connectivity index (χ2v) is 9.09. The Morgan fingerprint density at radius 3 is 2.77 bits per heavy atom. The summed E-state index contributed by atoms with van der Waals surface area (Å²) >= 11 is 0. The summed E-state index contributed by atoms with van der Waals surface area (Å²) in [6.45, 7) is 3.06. The normalized spacial score (nSPS) is 49.9. The fraction of sp³-hybridized carbons (Fsp3) is 0.714. The molecule has 5 heteroatoms. The maximum atomic E-state index is 12.7. The van der Waals surface area contributed by atoms with Crippen molar-refractivity contribution in [2.24, 2.45) is 28.6 Å². The SMILES string of the molecule is C[C@]12C=CCC=C1CC[C@@H]1[C@@H]2[C@@H](O)C[C@@]2(C)[C@H]1CC(=O)[C@]2(O)C(=O)CO. The number of allylic oxidation sites excluding steroid dienone is 4. The van der Waals surface area contributed by atoms with Crippen LogP contribution in [0.15, 0.2) is 23.8 Å². The fourth-order valence-electron chi connectivity index (χ4n) is 6.86. The fourth-order valence-corrected chi connectivity index (χ4v) is 6.86. The van der Waals surface area contributed by atoms with E-state index in [1.54, 1.807) is 6.92 Å². The second-order valence-electron chi connectivity index (χ2n) is 9.09. The van der Waals surface area contributed by atoms with E-state index in [2.05, 4.69) is 25.2 Å². The largest absolute Gasteiger partial charge is 0.393 e. The number of Topliss-reactive ketones (excluding diaryl/α,β-unsaturated/α-hetero) is 2. The molecule has 0 spiro atoms. The zero-order chi connectivity index (χ0) is 18.9. The van der Waals surface area contributed by atoms with Gasteiger partial charge >= 0.3 is 0 Å². The van der Waals surface area contributed by atoms with Crippen molar-refractivity contribution in [3.8, 4) is 0 Å². The molecule has 0 unspecified atom stereocenters. The van der Waals surface area contributed by atoms with E-state index in [4.69, 9.17) is 0 Å². The molecule has 0 aromatic rings. The molecular weight excluding hydrogens is 332 g/mol. The Morgan fingerprint density at radius 1 is 1.35 bits per heavy atom. The van der Waals surface area contributed by atoms with E-state index in [0.29, 0.717) is 0 Å². The average Bonchev–Trinajstić information content (AvgIpc) is 2.81. The van der Waals surface area contributed by atoms with Gasteiger partial charge in [-0.15, -0.1) is 0 Å². The smallest absolute Gasteiger partial charge is 0.197 e. The van der Waals surface area contributed by atoms with Gasteiger partial charge in [0.15, 0.2) is 17.2 Å². The summed E-state index contributed by atoms with van der Waals surface area (Å²) in [7, 11) is 0. The van der Waals surface area contributed by atoms with E-state index in [9.17, 15) is 24.9 Å². The Morgan fingerprint density at radius 2 is 2.08 bits per heavy atom.